The van der Waals surface area contributed by atoms with E-state index in [1.54, 1.807) is 38.6 Å². The zero-order chi connectivity index (χ0) is 20.7. The molecule has 11 heteroatoms. The average Bonchev–Trinajstić information content (AvgIpc) is 3.02. The molecule has 0 radical (unpaired) electrons. The standard InChI is InChI=1S/C17H25N5O5S/c1-17(2,3)22(16(23)24)28(25,26)20-9-7-12(8-10-20)21-15-6-5-13(27-4)11-14(15)18-19-21/h5-6,11-12H,7-10H2,1-4H3,(H,23,24). The molecule has 0 spiro atoms. The van der Waals surface area contributed by atoms with Gasteiger partial charge in [0.2, 0.25) is 0 Å². The third-order valence-corrected chi connectivity index (χ3v) is 6.97. The van der Waals surface area contributed by atoms with Crippen LogP contribution in [0.1, 0.15) is 39.7 Å². The van der Waals surface area contributed by atoms with Crippen LogP contribution in [0, 0.1) is 0 Å². The number of fused-ring (bicyclic) bond motifs is 1. The highest BCUT2D eigenvalue weighted by Gasteiger charge is 2.42. The molecule has 1 aliphatic heterocycles. The molecule has 0 bridgehead atoms. The molecule has 0 unspecified atom stereocenters. The normalized spacial score (nSPS) is 17.0. The molecule has 1 amide bonds. The predicted octanol–water partition coefficient (Wildman–Crippen LogP) is 2.10. The maximum Gasteiger partial charge on any atom is 0.422 e. The van der Waals surface area contributed by atoms with Gasteiger partial charge in [0.05, 0.1) is 24.2 Å². The van der Waals surface area contributed by atoms with Gasteiger partial charge in [-0.1, -0.05) is 5.21 Å². The van der Waals surface area contributed by atoms with Gasteiger partial charge in [0.25, 0.3) is 0 Å². The number of benzene rings is 1. The molecule has 1 saturated heterocycles. The Kier molecular flexibility index (Phi) is 5.24. The van der Waals surface area contributed by atoms with Gasteiger partial charge in [-0.25, -0.2) is 9.48 Å². The number of methoxy groups -OCH3 is 1. The van der Waals surface area contributed by atoms with Crippen molar-refractivity contribution in [2.45, 2.75) is 45.2 Å². The number of carbonyl (C=O) groups is 1. The predicted molar refractivity (Wildman–Crippen MR) is 102 cm³/mol. The van der Waals surface area contributed by atoms with Gasteiger partial charge < -0.3 is 9.84 Å². The number of hydrogen-bond donors (Lipinski definition) is 1. The molecule has 28 heavy (non-hydrogen) atoms. The number of nitrogens with zero attached hydrogens (tertiary/aromatic N) is 5. The first-order valence-corrected chi connectivity index (χ1v) is 10.4. The smallest absolute Gasteiger partial charge is 0.422 e. The summed E-state index contributed by atoms with van der Waals surface area (Å²) in [6, 6.07) is 5.49. The van der Waals surface area contributed by atoms with Crippen molar-refractivity contribution in [1.29, 1.82) is 0 Å². The van der Waals surface area contributed by atoms with Crippen LogP contribution in [0.4, 0.5) is 4.79 Å². The number of piperidine rings is 1. The molecule has 1 aromatic heterocycles. The number of rotatable bonds is 4. The Labute approximate surface area is 163 Å². The molecule has 1 aromatic carbocycles. The van der Waals surface area contributed by atoms with Crippen LogP contribution in [-0.2, 0) is 10.2 Å². The maximum atomic E-state index is 12.9. The summed E-state index contributed by atoms with van der Waals surface area (Å²) in [6.07, 6.45) is -0.450. The summed E-state index contributed by atoms with van der Waals surface area (Å²) in [5.41, 5.74) is 0.492. The Morgan fingerprint density at radius 3 is 2.46 bits per heavy atom. The van der Waals surface area contributed by atoms with E-state index in [2.05, 4.69) is 10.3 Å². The number of aromatic nitrogens is 3. The lowest BCUT2D eigenvalue weighted by Gasteiger charge is -2.38. The Bertz CT molecular complexity index is 973. The lowest BCUT2D eigenvalue weighted by Crippen LogP contribution is -2.55. The lowest BCUT2D eigenvalue weighted by molar-refractivity contribution is 0.139. The average molecular weight is 411 g/mol. The van der Waals surface area contributed by atoms with Crippen molar-refractivity contribution in [3.8, 4) is 5.75 Å². The molecular formula is C17H25N5O5S. The van der Waals surface area contributed by atoms with Gasteiger partial charge in [0.1, 0.15) is 11.3 Å². The summed E-state index contributed by atoms with van der Waals surface area (Å²) in [4.78, 5) is 11.6. The van der Waals surface area contributed by atoms with E-state index in [-0.39, 0.29) is 19.1 Å². The van der Waals surface area contributed by atoms with E-state index in [0.29, 0.717) is 28.4 Å². The van der Waals surface area contributed by atoms with Gasteiger partial charge in [-0.15, -0.1) is 5.10 Å². The summed E-state index contributed by atoms with van der Waals surface area (Å²) >= 11 is 0. The minimum Gasteiger partial charge on any atom is -0.497 e. The Morgan fingerprint density at radius 2 is 1.93 bits per heavy atom. The molecule has 0 atom stereocenters. The monoisotopic (exact) mass is 411 g/mol. The number of hydrogen-bond acceptors (Lipinski definition) is 6. The van der Waals surface area contributed by atoms with E-state index < -0.39 is 21.8 Å². The fourth-order valence-corrected chi connectivity index (χ4v) is 5.28. The minimum atomic E-state index is -4.12. The van der Waals surface area contributed by atoms with Gasteiger partial charge in [-0.3, -0.25) is 0 Å². The van der Waals surface area contributed by atoms with Crippen LogP contribution in [0.3, 0.4) is 0 Å². The zero-order valence-electron chi connectivity index (χ0n) is 16.4. The van der Waals surface area contributed by atoms with E-state index in [4.69, 9.17) is 4.74 Å². The van der Waals surface area contributed by atoms with Crippen LogP contribution in [0.15, 0.2) is 18.2 Å². The molecule has 1 fully saturated rings. The largest absolute Gasteiger partial charge is 0.497 e. The molecular weight excluding hydrogens is 386 g/mol. The van der Waals surface area contributed by atoms with Gasteiger partial charge >= 0.3 is 16.3 Å². The lowest BCUT2D eigenvalue weighted by atomic mass is 10.1. The van der Waals surface area contributed by atoms with E-state index in [1.807, 2.05) is 12.1 Å². The first-order chi connectivity index (χ1) is 13.1. The highest BCUT2D eigenvalue weighted by Crippen LogP contribution is 2.30. The quantitative estimate of drug-likeness (QED) is 0.818. The third kappa shape index (κ3) is 3.63. The van der Waals surface area contributed by atoms with Gasteiger partial charge in [-0.2, -0.15) is 17.0 Å². The molecule has 0 saturated carbocycles. The van der Waals surface area contributed by atoms with Gasteiger partial charge in [0.15, 0.2) is 0 Å². The summed E-state index contributed by atoms with van der Waals surface area (Å²) < 4.78 is 34.5. The van der Waals surface area contributed by atoms with Crippen molar-refractivity contribution in [2.24, 2.45) is 0 Å². The van der Waals surface area contributed by atoms with E-state index in [0.717, 1.165) is 5.52 Å². The van der Waals surface area contributed by atoms with Crippen LogP contribution in [0.2, 0.25) is 0 Å². The highest BCUT2D eigenvalue weighted by molar-refractivity contribution is 7.87. The Balaban J connectivity index is 1.78. The molecule has 2 heterocycles. The second-order valence-corrected chi connectivity index (χ2v) is 9.52. The minimum absolute atomic E-state index is 0.0160. The fourth-order valence-electron chi connectivity index (χ4n) is 3.48. The molecule has 154 valence electrons. The van der Waals surface area contributed by atoms with E-state index in [9.17, 15) is 18.3 Å². The van der Waals surface area contributed by atoms with Crippen LogP contribution in [0.25, 0.3) is 11.0 Å². The van der Waals surface area contributed by atoms with Crippen LogP contribution in [-0.4, -0.2) is 69.0 Å². The summed E-state index contributed by atoms with van der Waals surface area (Å²) in [7, 11) is -2.54. The van der Waals surface area contributed by atoms with Crippen LogP contribution in [0.5, 0.6) is 5.75 Å². The molecule has 1 N–H and O–H groups in total. The van der Waals surface area contributed by atoms with Gasteiger partial charge in [-0.05, 0) is 45.7 Å². The highest BCUT2D eigenvalue weighted by atomic mass is 32.2. The summed E-state index contributed by atoms with van der Waals surface area (Å²) in [5.74, 6) is 0.691. The molecule has 0 aliphatic carbocycles. The topological polar surface area (TPSA) is 118 Å². The third-order valence-electron chi connectivity index (χ3n) is 4.79. The SMILES string of the molecule is COc1ccc2c(c1)nnn2C1CCN(S(=O)(=O)N(C(=O)O)C(C)(C)C)CC1. The van der Waals surface area contributed by atoms with E-state index >= 15 is 0 Å². The molecule has 2 aromatic rings. The zero-order valence-corrected chi connectivity index (χ0v) is 17.2. The number of carboxylic acid groups (broad SMARTS) is 1. The first kappa shape index (κ1) is 20.3. The number of amides is 1. The van der Waals surface area contributed by atoms with Crippen molar-refractivity contribution < 1.29 is 23.1 Å². The second-order valence-electron chi connectivity index (χ2n) is 7.74. The van der Waals surface area contributed by atoms with Crippen molar-refractivity contribution in [3.05, 3.63) is 18.2 Å². The Morgan fingerprint density at radius 1 is 1.29 bits per heavy atom. The second kappa shape index (κ2) is 7.21. The van der Waals surface area contributed by atoms with E-state index in [1.165, 1.54) is 4.31 Å². The first-order valence-electron chi connectivity index (χ1n) is 8.98. The van der Waals surface area contributed by atoms with Crippen molar-refractivity contribution >= 4 is 27.3 Å². The van der Waals surface area contributed by atoms with Crippen molar-refractivity contribution in [2.75, 3.05) is 20.2 Å². The van der Waals surface area contributed by atoms with Crippen LogP contribution >= 0.6 is 0 Å². The maximum absolute atomic E-state index is 12.9. The Hall–Kier alpha value is -2.40. The van der Waals surface area contributed by atoms with Crippen molar-refractivity contribution in [3.63, 3.8) is 0 Å². The molecule has 10 nitrogen and oxygen atoms in total. The van der Waals surface area contributed by atoms with Crippen LogP contribution < -0.4 is 4.74 Å². The fraction of sp³-hybridized carbons (Fsp3) is 0.588. The summed E-state index contributed by atoms with van der Waals surface area (Å²) in [6.45, 7) is 5.10. The molecule has 3 rings (SSSR count). The van der Waals surface area contributed by atoms with Crippen molar-refractivity contribution in [1.82, 2.24) is 23.6 Å². The molecule has 1 aliphatic rings. The number of ether oxygens (including phenoxy) is 1. The van der Waals surface area contributed by atoms with Gasteiger partial charge in [0, 0.05) is 19.2 Å². The summed E-state index contributed by atoms with van der Waals surface area (Å²) in [5, 5.41) is 17.8.